The molecule has 0 saturated carbocycles. The maximum Gasteiger partial charge on any atom is 0.310 e. The molecule has 2 aliphatic rings. The lowest BCUT2D eigenvalue weighted by molar-refractivity contribution is -0.161. The molecule has 5 atom stereocenters. The van der Waals surface area contributed by atoms with Crippen molar-refractivity contribution >= 4 is 57.4 Å². The van der Waals surface area contributed by atoms with Gasteiger partial charge in [-0.2, -0.15) is 0 Å². The standard InChI is InChI=1S/C49H67N7O8/c1-12-15-31(58)20-30(48(62)64-49(8,9)10)16-14-19-51-41(59)18-17-33-26(4)36-22-37-27(5)43(29(7)57)40(53-37)24-35-25(3)32(13-2)39(52-35)23-38-28(6)44(47(61)56-50)46(55-38)34(45(33)54-36)21-42(60)63-11/h22-26,30,32-33,53,55H,12-21,50H2,1-11H3,(H,51,59)(H,56,61)/t25-,26+,30-,32-,33+/m1/s1. The lowest BCUT2D eigenvalue weighted by atomic mass is 9.85. The first-order valence-corrected chi connectivity index (χ1v) is 22.6. The molecule has 8 bridgehead atoms. The van der Waals surface area contributed by atoms with Crippen LogP contribution in [0.3, 0.4) is 0 Å². The SMILES string of the molecule is CCCC(=O)C[C@@H](CCCNC(=O)CC[C@@H]1c2nc(cc3[nH]c(cc4nc(cc5[nH]c(c2CC(=O)OC)c(C(=O)NN)c5C)[C@H](CC)[C@H]4C)c(C(C)=O)c3C)[C@H]1C)C(=O)OC(C)(C)C. The quantitative estimate of drug-likeness (QED) is 0.0218. The summed E-state index contributed by atoms with van der Waals surface area (Å²) in [6.45, 7) is 19.0. The number of nitrogens with zero attached hydrogens (tertiary/aromatic N) is 2. The minimum absolute atomic E-state index is 0.00497. The molecule has 346 valence electrons. The zero-order valence-corrected chi connectivity index (χ0v) is 39.4. The molecule has 15 nitrogen and oxygen atoms in total. The van der Waals surface area contributed by atoms with E-state index in [1.165, 1.54) is 7.11 Å². The van der Waals surface area contributed by atoms with E-state index in [0.29, 0.717) is 82.2 Å². The van der Waals surface area contributed by atoms with Gasteiger partial charge in [-0.15, -0.1) is 0 Å². The van der Waals surface area contributed by atoms with Crippen molar-refractivity contribution in [3.05, 3.63) is 68.8 Å². The van der Waals surface area contributed by atoms with E-state index < -0.39 is 35.3 Å². The number of methoxy groups -OCH3 is 1. The Morgan fingerprint density at radius 2 is 1.48 bits per heavy atom. The van der Waals surface area contributed by atoms with Gasteiger partial charge in [-0.05, 0) is 103 Å². The van der Waals surface area contributed by atoms with E-state index in [0.717, 1.165) is 23.4 Å². The molecular weight excluding hydrogens is 815 g/mol. The summed E-state index contributed by atoms with van der Waals surface area (Å²) in [5.41, 5.74) is 9.25. The van der Waals surface area contributed by atoms with Crippen LogP contribution in [0.4, 0.5) is 0 Å². The van der Waals surface area contributed by atoms with Crippen LogP contribution in [0.1, 0.15) is 191 Å². The van der Waals surface area contributed by atoms with Crippen molar-refractivity contribution in [1.82, 2.24) is 30.7 Å². The summed E-state index contributed by atoms with van der Waals surface area (Å²) in [6, 6.07) is 5.80. The van der Waals surface area contributed by atoms with Crippen molar-refractivity contribution < 1.29 is 38.2 Å². The molecule has 3 aromatic rings. The molecule has 5 rings (SSSR count). The number of ether oxygens (including phenoxy) is 2. The van der Waals surface area contributed by atoms with Crippen LogP contribution in [0.5, 0.6) is 0 Å². The van der Waals surface area contributed by atoms with Gasteiger partial charge < -0.3 is 24.8 Å². The summed E-state index contributed by atoms with van der Waals surface area (Å²) in [4.78, 5) is 96.7. The number of H-pyrrole nitrogens is 2. The maximum absolute atomic E-state index is 13.7. The highest BCUT2D eigenvalue weighted by Gasteiger charge is 2.35. The van der Waals surface area contributed by atoms with E-state index in [-0.39, 0.29) is 66.6 Å². The summed E-state index contributed by atoms with van der Waals surface area (Å²) in [5.74, 6) is 2.70. The number of amides is 2. The van der Waals surface area contributed by atoms with Crippen molar-refractivity contribution in [2.45, 2.75) is 156 Å². The minimum Gasteiger partial charge on any atom is -0.469 e. The second-order valence-electron chi connectivity index (χ2n) is 18.4. The minimum atomic E-state index is -0.697. The second-order valence-corrected chi connectivity index (χ2v) is 18.4. The zero-order valence-electron chi connectivity index (χ0n) is 39.4. The number of rotatable bonds is 17. The maximum atomic E-state index is 13.7. The summed E-state index contributed by atoms with van der Waals surface area (Å²) >= 11 is 0. The van der Waals surface area contributed by atoms with Gasteiger partial charge in [0.25, 0.3) is 5.91 Å². The van der Waals surface area contributed by atoms with Crippen LogP contribution in [0, 0.1) is 19.8 Å². The molecule has 5 heterocycles. The third kappa shape index (κ3) is 11.1. The van der Waals surface area contributed by atoms with Gasteiger partial charge in [0.2, 0.25) is 5.91 Å². The van der Waals surface area contributed by atoms with E-state index >= 15 is 0 Å². The number of nitrogen functional groups attached to an aromatic ring is 1. The van der Waals surface area contributed by atoms with Crippen LogP contribution in [-0.2, 0) is 35.1 Å². The van der Waals surface area contributed by atoms with Gasteiger partial charge in [-0.25, -0.2) is 5.84 Å². The number of esters is 2. The lowest BCUT2D eigenvalue weighted by Gasteiger charge is -2.24. The van der Waals surface area contributed by atoms with Gasteiger partial charge in [0, 0.05) is 88.7 Å². The molecule has 0 unspecified atom stereocenters. The predicted molar refractivity (Wildman–Crippen MR) is 246 cm³/mol. The van der Waals surface area contributed by atoms with Gasteiger partial charge >= 0.3 is 11.9 Å². The van der Waals surface area contributed by atoms with Gasteiger partial charge in [-0.1, -0.05) is 27.7 Å². The highest BCUT2D eigenvalue weighted by atomic mass is 16.6. The van der Waals surface area contributed by atoms with E-state index in [2.05, 4.69) is 34.6 Å². The van der Waals surface area contributed by atoms with E-state index in [4.69, 9.17) is 25.3 Å². The van der Waals surface area contributed by atoms with Gasteiger partial charge in [0.15, 0.2) is 5.78 Å². The number of hydrazine groups is 1. The molecular formula is C49H67N7O8. The van der Waals surface area contributed by atoms with Gasteiger partial charge in [0.05, 0.1) is 41.7 Å². The normalized spacial score (nSPS) is 17.7. The van der Waals surface area contributed by atoms with Crippen LogP contribution in [0.25, 0.3) is 22.1 Å². The summed E-state index contributed by atoms with van der Waals surface area (Å²) in [5, 5.41) is 2.99. The highest BCUT2D eigenvalue weighted by Crippen LogP contribution is 2.44. The third-order valence-corrected chi connectivity index (χ3v) is 12.6. The molecule has 2 aliphatic heterocycles. The predicted octanol–water partition coefficient (Wildman–Crippen LogP) is 8.03. The number of Topliss-reactive ketones (excluding diaryl/α,β-unsaturated/α-hetero) is 2. The fourth-order valence-corrected chi connectivity index (χ4v) is 9.22. The first-order valence-electron chi connectivity index (χ1n) is 22.6. The topological polar surface area (TPSA) is 228 Å². The fourth-order valence-electron chi connectivity index (χ4n) is 9.22. The Hall–Kier alpha value is -5.70. The first-order chi connectivity index (χ1) is 30.2. The zero-order chi connectivity index (χ0) is 47.2. The van der Waals surface area contributed by atoms with Crippen LogP contribution in [-0.4, -0.2) is 74.5 Å². The van der Waals surface area contributed by atoms with Crippen molar-refractivity contribution in [1.29, 1.82) is 0 Å². The third-order valence-electron chi connectivity index (χ3n) is 12.6. The number of ketones is 2. The number of aryl methyl sites for hydroxylation is 2. The van der Waals surface area contributed by atoms with E-state index in [1.54, 1.807) is 27.7 Å². The van der Waals surface area contributed by atoms with E-state index in [1.807, 2.05) is 45.9 Å². The largest absolute Gasteiger partial charge is 0.469 e. The molecule has 0 radical (unpaired) electrons. The van der Waals surface area contributed by atoms with Gasteiger partial charge in [0.1, 0.15) is 11.4 Å². The Kier molecular flexibility index (Phi) is 16.1. The number of nitrogens with two attached hydrogens (primary N) is 1. The van der Waals surface area contributed by atoms with Crippen LogP contribution in [0.2, 0.25) is 0 Å². The molecule has 0 spiro atoms. The van der Waals surface area contributed by atoms with Crippen molar-refractivity contribution in [3.63, 3.8) is 0 Å². The number of aromatic amines is 2. The Labute approximate surface area is 375 Å². The number of nitrogens with one attached hydrogen (secondary N) is 4. The highest BCUT2D eigenvalue weighted by molar-refractivity contribution is 6.06. The molecule has 0 aliphatic carbocycles. The summed E-state index contributed by atoms with van der Waals surface area (Å²) < 4.78 is 10.8. The Balaban J connectivity index is 1.62. The monoisotopic (exact) mass is 882 g/mol. The van der Waals surface area contributed by atoms with Crippen LogP contribution >= 0.6 is 0 Å². The first kappa shape index (κ1) is 49.3. The summed E-state index contributed by atoms with van der Waals surface area (Å²) in [7, 11) is 1.30. The molecule has 0 aromatic carbocycles. The lowest BCUT2D eigenvalue weighted by Crippen LogP contribution is -2.31. The van der Waals surface area contributed by atoms with Crippen LogP contribution in [0.15, 0.2) is 18.2 Å². The number of fused-ring (bicyclic) bond motifs is 8. The van der Waals surface area contributed by atoms with Crippen LogP contribution < -0.4 is 16.6 Å². The molecule has 0 fully saturated rings. The number of carbonyl (C=O) groups is 6. The summed E-state index contributed by atoms with van der Waals surface area (Å²) in [6.07, 6.45) is 2.97. The number of hydrogen-bond acceptors (Lipinski definition) is 11. The van der Waals surface area contributed by atoms with E-state index in [9.17, 15) is 28.8 Å². The molecule has 3 aromatic heterocycles. The Bertz CT molecular complexity index is 2460. The fraction of sp³-hybridized carbons (Fsp3) is 0.551. The molecule has 64 heavy (non-hydrogen) atoms. The Morgan fingerprint density at radius 3 is 2.11 bits per heavy atom. The van der Waals surface area contributed by atoms with Crippen molar-refractivity contribution in [2.75, 3.05) is 13.7 Å². The molecule has 15 heteroatoms. The molecule has 0 saturated heterocycles. The number of carbonyl (C=O) groups excluding carboxylic acids is 6. The smallest absolute Gasteiger partial charge is 0.310 e. The van der Waals surface area contributed by atoms with Crippen molar-refractivity contribution in [3.8, 4) is 0 Å². The molecule has 6 N–H and O–H groups in total. The number of aromatic nitrogens is 4. The van der Waals surface area contributed by atoms with Gasteiger partial charge in [-0.3, -0.25) is 44.2 Å². The number of hydrogen-bond donors (Lipinski definition) is 5. The Morgan fingerprint density at radius 1 is 0.859 bits per heavy atom. The average molecular weight is 882 g/mol. The second kappa shape index (κ2) is 20.9. The molecule has 2 amide bonds. The van der Waals surface area contributed by atoms with Crippen molar-refractivity contribution in [2.24, 2.45) is 11.8 Å². The average Bonchev–Trinajstić information content (AvgIpc) is 3.92.